The zero-order valence-electron chi connectivity index (χ0n) is 15.3. The Morgan fingerprint density at radius 1 is 1.19 bits per heavy atom. The van der Waals surface area contributed by atoms with Crippen LogP contribution >= 0.6 is 12.4 Å². The fraction of sp³-hybridized carbons (Fsp3) is 0.588. The van der Waals surface area contributed by atoms with Gasteiger partial charge in [0.05, 0.1) is 14.2 Å². The molecule has 1 aromatic rings. The minimum absolute atomic E-state index is 0. The maximum absolute atomic E-state index is 12.6. The highest BCUT2D eigenvalue weighted by Gasteiger charge is 2.48. The lowest BCUT2D eigenvalue weighted by Crippen LogP contribution is -2.57. The molecule has 1 aliphatic heterocycles. The number of carbonyl (C=O) groups is 1. The maximum atomic E-state index is 12.6. The van der Waals surface area contributed by atoms with Gasteiger partial charge in [-0.15, -0.1) is 12.4 Å². The number of carbonyl (C=O) groups excluding carboxylic acids is 1. The Morgan fingerprint density at radius 2 is 1.81 bits per heavy atom. The first-order valence-electron chi connectivity index (χ1n) is 8.23. The fourth-order valence-corrected chi connectivity index (χ4v) is 4.47. The highest BCUT2D eigenvalue weighted by molar-refractivity contribution is 7.92. The Balaban J connectivity index is 0.00000338. The van der Waals surface area contributed by atoms with E-state index in [1.54, 1.807) is 20.3 Å². The lowest BCUT2D eigenvalue weighted by atomic mass is 9.95. The monoisotopic (exact) mass is 406 g/mol. The van der Waals surface area contributed by atoms with Crippen LogP contribution in [0.15, 0.2) is 18.2 Å². The molecule has 0 spiro atoms. The maximum Gasteiger partial charge on any atom is 0.241 e. The van der Waals surface area contributed by atoms with E-state index < -0.39 is 20.5 Å². The first-order chi connectivity index (χ1) is 11.8. The Kier molecular flexibility index (Phi) is 8.17. The second-order valence-corrected chi connectivity index (χ2v) is 8.54. The van der Waals surface area contributed by atoms with Gasteiger partial charge < -0.3 is 20.1 Å². The van der Waals surface area contributed by atoms with Crippen LogP contribution in [0.2, 0.25) is 0 Å². The molecule has 0 saturated carbocycles. The standard InChI is InChI=1S/C17H26N2O5S.ClH/c1-23-14-5-4-13(12-15(14)24-2)6-9-19-16(20)17(25(3,21)22)7-10-18-11-8-17;/h4-5,12,18H,6-11H2,1-3H3,(H,19,20);1H. The van der Waals surface area contributed by atoms with Gasteiger partial charge in [0.2, 0.25) is 5.91 Å². The van der Waals surface area contributed by atoms with Crippen molar-refractivity contribution in [2.45, 2.75) is 24.0 Å². The summed E-state index contributed by atoms with van der Waals surface area (Å²) >= 11 is 0. The molecule has 0 aromatic heterocycles. The van der Waals surface area contributed by atoms with Gasteiger partial charge in [0.1, 0.15) is 0 Å². The van der Waals surface area contributed by atoms with Crippen LogP contribution in [-0.2, 0) is 21.1 Å². The molecule has 1 fully saturated rings. The van der Waals surface area contributed by atoms with Crippen LogP contribution in [0.5, 0.6) is 11.5 Å². The Labute approximate surface area is 161 Å². The van der Waals surface area contributed by atoms with Crippen LogP contribution < -0.4 is 20.1 Å². The van der Waals surface area contributed by atoms with Gasteiger partial charge in [0.15, 0.2) is 26.1 Å². The largest absolute Gasteiger partial charge is 0.493 e. The number of amides is 1. The van der Waals surface area contributed by atoms with Crippen molar-refractivity contribution in [3.8, 4) is 11.5 Å². The zero-order valence-corrected chi connectivity index (χ0v) is 17.0. The quantitative estimate of drug-likeness (QED) is 0.700. The van der Waals surface area contributed by atoms with E-state index in [4.69, 9.17) is 9.47 Å². The summed E-state index contributed by atoms with van der Waals surface area (Å²) in [5.74, 6) is 0.857. The lowest BCUT2D eigenvalue weighted by Gasteiger charge is -2.34. The third-order valence-corrected chi connectivity index (χ3v) is 6.70. The van der Waals surface area contributed by atoms with Gasteiger partial charge >= 0.3 is 0 Å². The van der Waals surface area contributed by atoms with Crippen LogP contribution in [0.25, 0.3) is 0 Å². The number of piperidine rings is 1. The molecule has 1 heterocycles. The van der Waals surface area contributed by atoms with Crippen LogP contribution in [0.1, 0.15) is 18.4 Å². The molecule has 0 radical (unpaired) electrons. The summed E-state index contributed by atoms with van der Waals surface area (Å²) in [6, 6.07) is 5.55. The van der Waals surface area contributed by atoms with E-state index in [2.05, 4.69) is 10.6 Å². The summed E-state index contributed by atoms with van der Waals surface area (Å²) in [6.45, 7) is 1.41. The van der Waals surface area contributed by atoms with Crippen molar-refractivity contribution in [3.63, 3.8) is 0 Å². The molecular formula is C17H27ClN2O5S. The van der Waals surface area contributed by atoms with Gasteiger partial charge in [-0.3, -0.25) is 4.79 Å². The smallest absolute Gasteiger partial charge is 0.241 e. The van der Waals surface area contributed by atoms with Crippen LogP contribution in [0, 0.1) is 0 Å². The summed E-state index contributed by atoms with van der Waals surface area (Å²) in [7, 11) is -0.353. The van der Waals surface area contributed by atoms with E-state index in [1.807, 2.05) is 12.1 Å². The van der Waals surface area contributed by atoms with Crippen molar-refractivity contribution in [2.24, 2.45) is 0 Å². The molecule has 1 saturated heterocycles. The molecule has 1 aromatic carbocycles. The normalized spacial score (nSPS) is 16.3. The Morgan fingerprint density at radius 3 is 2.35 bits per heavy atom. The first kappa shape index (κ1) is 22.5. The molecule has 0 bridgehead atoms. The summed E-state index contributed by atoms with van der Waals surface area (Å²) in [5.41, 5.74) is 0.969. The van der Waals surface area contributed by atoms with Crippen LogP contribution in [0.4, 0.5) is 0 Å². The number of hydrogen-bond donors (Lipinski definition) is 2. The highest BCUT2D eigenvalue weighted by Crippen LogP contribution is 2.29. The Hall–Kier alpha value is -1.51. The number of sulfone groups is 1. The van der Waals surface area contributed by atoms with Crippen molar-refractivity contribution in [1.29, 1.82) is 0 Å². The number of nitrogens with one attached hydrogen (secondary N) is 2. The molecule has 7 nitrogen and oxygen atoms in total. The van der Waals surface area contributed by atoms with E-state index in [0.717, 1.165) is 11.8 Å². The second kappa shape index (κ2) is 9.43. The molecular weight excluding hydrogens is 380 g/mol. The topological polar surface area (TPSA) is 93.7 Å². The van der Waals surface area contributed by atoms with Gasteiger partial charge in [-0.2, -0.15) is 0 Å². The number of halogens is 1. The molecule has 2 N–H and O–H groups in total. The molecule has 1 aliphatic rings. The molecule has 26 heavy (non-hydrogen) atoms. The van der Waals surface area contributed by atoms with E-state index >= 15 is 0 Å². The summed E-state index contributed by atoms with van der Waals surface area (Å²) in [5, 5.41) is 5.90. The van der Waals surface area contributed by atoms with E-state index in [0.29, 0.717) is 50.4 Å². The third kappa shape index (κ3) is 4.81. The number of ether oxygens (including phenoxy) is 2. The molecule has 0 unspecified atom stereocenters. The van der Waals surface area contributed by atoms with Gasteiger partial charge in [0.25, 0.3) is 0 Å². The average Bonchev–Trinajstić information content (AvgIpc) is 2.61. The summed E-state index contributed by atoms with van der Waals surface area (Å²) < 4.78 is 33.6. The molecule has 0 atom stereocenters. The zero-order chi connectivity index (χ0) is 18.5. The van der Waals surface area contributed by atoms with Crippen molar-refractivity contribution in [2.75, 3.05) is 40.1 Å². The van der Waals surface area contributed by atoms with Crippen LogP contribution in [0.3, 0.4) is 0 Å². The second-order valence-electron chi connectivity index (χ2n) is 6.21. The van der Waals surface area contributed by atoms with Crippen molar-refractivity contribution in [3.05, 3.63) is 23.8 Å². The molecule has 0 aliphatic carbocycles. The molecule has 1 amide bonds. The predicted molar refractivity (Wildman–Crippen MR) is 103 cm³/mol. The van der Waals surface area contributed by atoms with Gasteiger partial charge in [-0.25, -0.2) is 8.42 Å². The SMILES string of the molecule is COc1ccc(CCNC(=O)C2(S(C)(=O)=O)CCNCC2)cc1OC.Cl. The predicted octanol–water partition coefficient (Wildman–Crippen LogP) is 0.951. The number of methoxy groups -OCH3 is 2. The first-order valence-corrected chi connectivity index (χ1v) is 10.1. The molecule has 148 valence electrons. The minimum atomic E-state index is -3.49. The summed E-state index contributed by atoms with van der Waals surface area (Å²) in [6.07, 6.45) is 2.32. The average molecular weight is 407 g/mol. The van der Waals surface area contributed by atoms with Crippen molar-refractivity contribution < 1.29 is 22.7 Å². The lowest BCUT2D eigenvalue weighted by molar-refractivity contribution is -0.124. The third-order valence-electron chi connectivity index (χ3n) is 4.68. The fourth-order valence-electron chi connectivity index (χ4n) is 3.11. The number of rotatable bonds is 7. The van der Waals surface area contributed by atoms with Gasteiger partial charge in [-0.05, 0) is 50.0 Å². The molecule has 9 heteroatoms. The van der Waals surface area contributed by atoms with E-state index in [-0.39, 0.29) is 12.4 Å². The van der Waals surface area contributed by atoms with Crippen molar-refractivity contribution >= 4 is 28.2 Å². The molecule has 2 rings (SSSR count). The summed E-state index contributed by atoms with van der Waals surface area (Å²) in [4.78, 5) is 12.6. The minimum Gasteiger partial charge on any atom is -0.493 e. The Bertz CT molecular complexity index is 718. The van der Waals surface area contributed by atoms with Crippen molar-refractivity contribution in [1.82, 2.24) is 10.6 Å². The van der Waals surface area contributed by atoms with Gasteiger partial charge in [0, 0.05) is 12.8 Å². The number of hydrogen-bond acceptors (Lipinski definition) is 6. The van der Waals surface area contributed by atoms with E-state index in [9.17, 15) is 13.2 Å². The number of benzene rings is 1. The van der Waals surface area contributed by atoms with E-state index in [1.165, 1.54) is 0 Å². The van der Waals surface area contributed by atoms with Crippen LogP contribution in [-0.4, -0.2) is 59.2 Å². The highest BCUT2D eigenvalue weighted by atomic mass is 35.5. The van der Waals surface area contributed by atoms with Gasteiger partial charge in [-0.1, -0.05) is 6.07 Å².